The highest BCUT2D eigenvalue weighted by atomic mass is 32.1. The first-order chi connectivity index (χ1) is 10.7. The zero-order valence-corrected chi connectivity index (χ0v) is 12.3. The molecular formula is C15H10FN3O2S. The van der Waals surface area contributed by atoms with E-state index in [1.54, 1.807) is 30.6 Å². The molecule has 3 aromatic rings. The molecular weight excluding hydrogens is 305 g/mol. The fourth-order valence-electron chi connectivity index (χ4n) is 1.85. The highest BCUT2D eigenvalue weighted by Gasteiger charge is 2.12. The Kier molecular flexibility index (Phi) is 3.88. The Hall–Kier alpha value is -2.67. The average Bonchev–Trinajstić information content (AvgIpc) is 3.04. The van der Waals surface area contributed by atoms with Crippen LogP contribution in [-0.4, -0.2) is 28.0 Å². The van der Waals surface area contributed by atoms with E-state index in [9.17, 15) is 9.18 Å². The SMILES string of the molecule is COC(=O)c1cccc(-c2cnc(-c3cncc(F)c3)s2)n1. The number of hydrogen-bond donors (Lipinski definition) is 0. The molecule has 0 saturated carbocycles. The van der Waals surface area contributed by atoms with Crippen LogP contribution in [0.15, 0.2) is 42.9 Å². The van der Waals surface area contributed by atoms with Crippen LogP contribution in [0.1, 0.15) is 10.5 Å². The molecule has 3 aromatic heterocycles. The maximum absolute atomic E-state index is 13.2. The van der Waals surface area contributed by atoms with Crippen molar-refractivity contribution in [3.8, 4) is 21.1 Å². The van der Waals surface area contributed by atoms with E-state index in [1.807, 2.05) is 0 Å². The number of rotatable bonds is 3. The summed E-state index contributed by atoms with van der Waals surface area (Å²) in [4.78, 5) is 24.6. The lowest BCUT2D eigenvalue weighted by molar-refractivity contribution is 0.0594. The molecule has 0 aromatic carbocycles. The monoisotopic (exact) mass is 315 g/mol. The highest BCUT2D eigenvalue weighted by molar-refractivity contribution is 7.18. The third-order valence-electron chi connectivity index (χ3n) is 2.85. The second-order valence-electron chi connectivity index (χ2n) is 4.32. The topological polar surface area (TPSA) is 65.0 Å². The molecule has 0 saturated heterocycles. The molecule has 0 radical (unpaired) electrons. The fourth-order valence-corrected chi connectivity index (χ4v) is 2.71. The van der Waals surface area contributed by atoms with Gasteiger partial charge in [-0.05, 0) is 18.2 Å². The van der Waals surface area contributed by atoms with Crippen molar-refractivity contribution in [2.45, 2.75) is 0 Å². The van der Waals surface area contributed by atoms with Gasteiger partial charge in [-0.2, -0.15) is 0 Å². The minimum atomic E-state index is -0.499. The van der Waals surface area contributed by atoms with Gasteiger partial charge in [0.15, 0.2) is 0 Å². The Bertz CT molecular complexity index is 835. The first kappa shape index (κ1) is 14.3. The molecule has 0 spiro atoms. The lowest BCUT2D eigenvalue weighted by atomic mass is 10.3. The molecule has 0 amide bonds. The van der Waals surface area contributed by atoms with Gasteiger partial charge in [-0.15, -0.1) is 11.3 Å². The van der Waals surface area contributed by atoms with Gasteiger partial charge < -0.3 is 4.74 Å². The van der Waals surface area contributed by atoms with E-state index in [0.29, 0.717) is 16.3 Å². The van der Waals surface area contributed by atoms with Gasteiger partial charge in [0.25, 0.3) is 0 Å². The van der Waals surface area contributed by atoms with Gasteiger partial charge in [0.05, 0.1) is 23.9 Å². The van der Waals surface area contributed by atoms with E-state index in [4.69, 9.17) is 0 Å². The first-order valence-electron chi connectivity index (χ1n) is 6.30. The van der Waals surface area contributed by atoms with Crippen molar-refractivity contribution in [1.82, 2.24) is 15.0 Å². The number of carbonyl (C=O) groups is 1. The summed E-state index contributed by atoms with van der Waals surface area (Å²) in [5.41, 5.74) is 1.43. The van der Waals surface area contributed by atoms with Crippen molar-refractivity contribution in [2.24, 2.45) is 0 Å². The zero-order valence-electron chi connectivity index (χ0n) is 11.5. The highest BCUT2D eigenvalue weighted by Crippen LogP contribution is 2.31. The van der Waals surface area contributed by atoms with Gasteiger partial charge in [-0.25, -0.2) is 19.2 Å². The predicted molar refractivity (Wildman–Crippen MR) is 79.9 cm³/mol. The molecule has 0 bridgehead atoms. The molecule has 5 nitrogen and oxygen atoms in total. The molecule has 7 heteroatoms. The average molecular weight is 315 g/mol. The van der Waals surface area contributed by atoms with Crippen LogP contribution in [0.5, 0.6) is 0 Å². The van der Waals surface area contributed by atoms with Crippen molar-refractivity contribution < 1.29 is 13.9 Å². The van der Waals surface area contributed by atoms with Gasteiger partial charge in [0.2, 0.25) is 0 Å². The van der Waals surface area contributed by atoms with E-state index in [2.05, 4.69) is 19.7 Å². The summed E-state index contributed by atoms with van der Waals surface area (Å²) in [5, 5.41) is 0.632. The van der Waals surface area contributed by atoms with E-state index in [-0.39, 0.29) is 5.69 Å². The summed E-state index contributed by atoms with van der Waals surface area (Å²) in [6.07, 6.45) is 4.32. The smallest absolute Gasteiger partial charge is 0.356 e. The molecule has 0 aliphatic rings. The number of carbonyl (C=O) groups excluding carboxylic acids is 1. The Morgan fingerprint density at radius 3 is 2.91 bits per heavy atom. The second kappa shape index (κ2) is 5.98. The van der Waals surface area contributed by atoms with E-state index < -0.39 is 11.8 Å². The van der Waals surface area contributed by atoms with Crippen LogP contribution in [0.25, 0.3) is 21.1 Å². The molecule has 0 atom stereocenters. The summed E-state index contributed by atoms with van der Waals surface area (Å²) in [6.45, 7) is 0. The molecule has 0 aliphatic heterocycles. The lowest BCUT2D eigenvalue weighted by Crippen LogP contribution is -2.04. The largest absolute Gasteiger partial charge is 0.464 e. The summed E-state index contributed by atoms with van der Waals surface area (Å²) >= 11 is 1.34. The van der Waals surface area contributed by atoms with Gasteiger partial charge in [0, 0.05) is 18.0 Å². The van der Waals surface area contributed by atoms with Crippen LogP contribution < -0.4 is 0 Å². The Labute approximate surface area is 129 Å². The van der Waals surface area contributed by atoms with Crippen LogP contribution in [-0.2, 0) is 4.74 Å². The number of hydrogen-bond acceptors (Lipinski definition) is 6. The van der Waals surface area contributed by atoms with E-state index >= 15 is 0 Å². The van der Waals surface area contributed by atoms with Crippen LogP contribution in [0.3, 0.4) is 0 Å². The molecule has 3 rings (SSSR count). The van der Waals surface area contributed by atoms with Crippen molar-refractivity contribution in [3.63, 3.8) is 0 Å². The van der Waals surface area contributed by atoms with Crippen LogP contribution in [0.2, 0.25) is 0 Å². The number of esters is 1. The molecule has 22 heavy (non-hydrogen) atoms. The van der Waals surface area contributed by atoms with Gasteiger partial charge in [-0.3, -0.25) is 4.98 Å². The number of methoxy groups -OCH3 is 1. The second-order valence-corrected chi connectivity index (χ2v) is 5.35. The number of halogens is 1. The number of thiazole rings is 1. The third-order valence-corrected chi connectivity index (χ3v) is 3.92. The van der Waals surface area contributed by atoms with Crippen LogP contribution in [0.4, 0.5) is 4.39 Å². The normalized spacial score (nSPS) is 10.5. The lowest BCUT2D eigenvalue weighted by Gasteiger charge is -2.00. The summed E-state index contributed by atoms with van der Waals surface area (Å²) < 4.78 is 17.9. The summed E-state index contributed by atoms with van der Waals surface area (Å²) in [6, 6.07) is 6.44. The van der Waals surface area contributed by atoms with Crippen molar-refractivity contribution in [3.05, 3.63) is 54.4 Å². The maximum atomic E-state index is 13.2. The molecule has 0 N–H and O–H groups in total. The molecule has 0 fully saturated rings. The molecule has 0 unspecified atom stereocenters. The number of ether oxygens (including phenoxy) is 1. The van der Waals surface area contributed by atoms with E-state index in [0.717, 1.165) is 11.1 Å². The van der Waals surface area contributed by atoms with E-state index in [1.165, 1.54) is 24.5 Å². The van der Waals surface area contributed by atoms with Crippen LogP contribution in [0, 0.1) is 5.82 Å². The van der Waals surface area contributed by atoms with Crippen molar-refractivity contribution in [1.29, 1.82) is 0 Å². The number of pyridine rings is 2. The number of nitrogens with zero attached hydrogens (tertiary/aromatic N) is 3. The molecule has 110 valence electrons. The predicted octanol–water partition coefficient (Wildman–Crippen LogP) is 3.19. The maximum Gasteiger partial charge on any atom is 0.356 e. The Morgan fingerprint density at radius 1 is 1.27 bits per heavy atom. The molecule has 3 heterocycles. The Balaban J connectivity index is 1.96. The minimum absolute atomic E-state index is 0.224. The Morgan fingerprint density at radius 2 is 2.14 bits per heavy atom. The fraction of sp³-hybridized carbons (Fsp3) is 0.0667. The van der Waals surface area contributed by atoms with Crippen molar-refractivity contribution in [2.75, 3.05) is 7.11 Å². The van der Waals surface area contributed by atoms with Gasteiger partial charge in [0.1, 0.15) is 16.5 Å². The minimum Gasteiger partial charge on any atom is -0.464 e. The van der Waals surface area contributed by atoms with Gasteiger partial charge >= 0.3 is 5.97 Å². The van der Waals surface area contributed by atoms with Gasteiger partial charge in [-0.1, -0.05) is 6.07 Å². The standard InChI is InChI=1S/C15H10FN3O2S/c1-21-15(20)12-4-2-3-11(19-12)13-8-18-14(22-13)9-5-10(16)7-17-6-9/h2-8H,1H3. The summed E-state index contributed by atoms with van der Waals surface area (Å²) in [7, 11) is 1.30. The zero-order chi connectivity index (χ0) is 15.5. The first-order valence-corrected chi connectivity index (χ1v) is 7.11. The summed E-state index contributed by atoms with van der Waals surface area (Å²) in [5.74, 6) is -0.916. The van der Waals surface area contributed by atoms with Crippen molar-refractivity contribution >= 4 is 17.3 Å². The molecule has 0 aliphatic carbocycles. The number of aromatic nitrogens is 3. The van der Waals surface area contributed by atoms with Crippen LogP contribution >= 0.6 is 11.3 Å². The quantitative estimate of drug-likeness (QED) is 0.694. The third kappa shape index (κ3) is 2.84.